The Morgan fingerprint density at radius 2 is 2.24 bits per heavy atom. The Kier molecular flexibility index (Phi) is 7.47. The summed E-state index contributed by atoms with van der Waals surface area (Å²) in [6.07, 6.45) is 3.29. The number of hydrogen-bond donors (Lipinski definition) is 3. The van der Waals surface area contributed by atoms with Gasteiger partial charge in [0.05, 0.1) is 5.75 Å². The van der Waals surface area contributed by atoms with Crippen LogP contribution in [0.1, 0.15) is 26.2 Å². The average Bonchev–Trinajstić information content (AvgIpc) is 2.45. The third-order valence-electron chi connectivity index (χ3n) is 3.24. The van der Waals surface area contributed by atoms with Crippen molar-refractivity contribution >= 4 is 33.6 Å². The zero-order chi connectivity index (χ0) is 15.9. The average molecular weight is 337 g/mol. The number of carbonyl (C=O) groups is 2. The maximum atomic E-state index is 12.2. The lowest BCUT2D eigenvalue weighted by Crippen LogP contribution is -2.54. The van der Waals surface area contributed by atoms with E-state index < -0.39 is 16.1 Å². The van der Waals surface area contributed by atoms with Crippen LogP contribution in [-0.2, 0) is 19.6 Å². The van der Waals surface area contributed by atoms with Crippen LogP contribution in [-0.4, -0.2) is 56.6 Å². The number of piperidine rings is 1. The van der Waals surface area contributed by atoms with Crippen molar-refractivity contribution in [3.63, 3.8) is 0 Å². The number of hydrogen-bond acceptors (Lipinski definition) is 5. The fourth-order valence-electron chi connectivity index (χ4n) is 1.94. The maximum absolute atomic E-state index is 12.2. The number of thioether (sulfide) groups is 1. The number of carbonyl (C=O) groups excluding carboxylic acids is 2. The third kappa shape index (κ3) is 6.66. The van der Waals surface area contributed by atoms with Crippen molar-refractivity contribution in [1.82, 2.24) is 15.4 Å². The molecule has 2 unspecified atom stereocenters. The zero-order valence-corrected chi connectivity index (χ0v) is 14.0. The molecule has 0 aliphatic carbocycles. The summed E-state index contributed by atoms with van der Waals surface area (Å²) in [4.78, 5) is 23.3. The van der Waals surface area contributed by atoms with E-state index in [-0.39, 0.29) is 23.6 Å². The molecule has 0 aromatic carbocycles. The highest BCUT2D eigenvalue weighted by Gasteiger charge is 2.26. The Morgan fingerprint density at radius 3 is 2.76 bits per heavy atom. The van der Waals surface area contributed by atoms with Gasteiger partial charge < -0.3 is 10.6 Å². The second-order valence-corrected chi connectivity index (χ2v) is 7.93. The molecule has 21 heavy (non-hydrogen) atoms. The molecule has 2 amide bonds. The summed E-state index contributed by atoms with van der Waals surface area (Å²) in [7, 11) is -3.43. The molecule has 1 heterocycles. The van der Waals surface area contributed by atoms with E-state index in [2.05, 4.69) is 15.4 Å². The fourth-order valence-corrected chi connectivity index (χ4v) is 3.23. The monoisotopic (exact) mass is 337 g/mol. The molecule has 0 aromatic rings. The molecule has 1 rings (SSSR count). The maximum Gasteiger partial charge on any atom is 0.238 e. The molecule has 2 atom stereocenters. The largest absolute Gasteiger partial charge is 0.354 e. The normalized spacial score (nSPS) is 20.7. The van der Waals surface area contributed by atoms with Gasteiger partial charge in [0, 0.05) is 19.0 Å². The van der Waals surface area contributed by atoms with E-state index in [1.54, 1.807) is 11.8 Å². The lowest BCUT2D eigenvalue weighted by molar-refractivity contribution is -0.126. The summed E-state index contributed by atoms with van der Waals surface area (Å²) >= 11 is 1.56. The first kappa shape index (κ1) is 18.2. The van der Waals surface area contributed by atoms with Crippen molar-refractivity contribution in [1.29, 1.82) is 0 Å². The van der Waals surface area contributed by atoms with Crippen LogP contribution in [0.25, 0.3) is 0 Å². The Morgan fingerprint density at radius 1 is 1.52 bits per heavy atom. The minimum Gasteiger partial charge on any atom is -0.354 e. The molecule has 0 aromatic heterocycles. The van der Waals surface area contributed by atoms with E-state index in [0.29, 0.717) is 31.6 Å². The van der Waals surface area contributed by atoms with E-state index in [4.69, 9.17) is 0 Å². The lowest BCUT2D eigenvalue weighted by atomic mass is 10.1. The van der Waals surface area contributed by atoms with Crippen LogP contribution in [0.4, 0.5) is 0 Å². The number of sulfonamides is 1. The Labute approximate surface area is 130 Å². The van der Waals surface area contributed by atoms with Crippen LogP contribution < -0.4 is 15.4 Å². The quantitative estimate of drug-likeness (QED) is 0.551. The molecule has 1 aliphatic heterocycles. The topological polar surface area (TPSA) is 104 Å². The van der Waals surface area contributed by atoms with Gasteiger partial charge in [0.2, 0.25) is 21.8 Å². The van der Waals surface area contributed by atoms with Gasteiger partial charge in [-0.1, -0.05) is 0 Å². The smallest absolute Gasteiger partial charge is 0.238 e. The first-order valence-electron chi connectivity index (χ1n) is 6.94. The van der Waals surface area contributed by atoms with Crippen LogP contribution in [0, 0.1) is 0 Å². The Bertz CT molecular complexity index is 457. The molecule has 0 radical (unpaired) electrons. The molecule has 1 saturated heterocycles. The molecule has 0 bridgehead atoms. The fraction of sp³-hybridized carbons (Fsp3) is 0.833. The molecule has 122 valence electrons. The molecule has 1 fully saturated rings. The van der Waals surface area contributed by atoms with Gasteiger partial charge in [0.1, 0.15) is 6.04 Å². The second-order valence-electron chi connectivity index (χ2n) is 4.90. The number of rotatable bonds is 8. The summed E-state index contributed by atoms with van der Waals surface area (Å²) < 4.78 is 25.8. The van der Waals surface area contributed by atoms with Crippen molar-refractivity contribution in [2.45, 2.75) is 38.3 Å². The van der Waals surface area contributed by atoms with E-state index in [9.17, 15) is 18.0 Å². The van der Waals surface area contributed by atoms with Crippen LogP contribution in [0.15, 0.2) is 0 Å². The summed E-state index contributed by atoms with van der Waals surface area (Å²) in [5.41, 5.74) is 0. The van der Waals surface area contributed by atoms with Crippen LogP contribution >= 0.6 is 11.8 Å². The van der Waals surface area contributed by atoms with Gasteiger partial charge in [-0.2, -0.15) is 11.8 Å². The molecule has 0 spiro atoms. The van der Waals surface area contributed by atoms with Crippen LogP contribution in [0.2, 0.25) is 0 Å². The van der Waals surface area contributed by atoms with E-state index >= 15 is 0 Å². The highest BCUT2D eigenvalue weighted by Crippen LogP contribution is 2.06. The minimum absolute atomic E-state index is 0.0221. The number of amides is 2. The lowest BCUT2D eigenvalue weighted by Gasteiger charge is -2.26. The van der Waals surface area contributed by atoms with Crippen molar-refractivity contribution < 1.29 is 18.0 Å². The summed E-state index contributed by atoms with van der Waals surface area (Å²) in [6.45, 7) is 1.92. The minimum atomic E-state index is -3.43. The predicted octanol–water partition coefficient (Wildman–Crippen LogP) is -0.558. The first-order chi connectivity index (χ1) is 9.88. The molecular formula is C12H23N3O4S2. The molecular weight excluding hydrogens is 314 g/mol. The Hall–Kier alpha value is -0.800. The summed E-state index contributed by atoms with van der Waals surface area (Å²) in [5, 5.41) is 5.49. The van der Waals surface area contributed by atoms with Gasteiger partial charge in [-0.15, -0.1) is 0 Å². The van der Waals surface area contributed by atoms with Gasteiger partial charge in [-0.25, -0.2) is 13.1 Å². The molecule has 7 nitrogen and oxygen atoms in total. The standard InChI is InChI=1S/C12H23N3O4S2/c1-3-21(18,19)15-10(6-7-20-2)12(17)14-9-4-5-11(16)13-8-9/h9-10,15H,3-8H2,1-2H3,(H,13,16)(H,14,17). The molecule has 1 aliphatic rings. The van der Waals surface area contributed by atoms with Crippen molar-refractivity contribution in [3.8, 4) is 0 Å². The summed E-state index contributed by atoms with van der Waals surface area (Å²) in [5.74, 6) is 0.273. The predicted molar refractivity (Wildman–Crippen MR) is 83.6 cm³/mol. The van der Waals surface area contributed by atoms with Gasteiger partial charge >= 0.3 is 0 Å². The van der Waals surface area contributed by atoms with E-state index in [1.807, 2.05) is 6.26 Å². The van der Waals surface area contributed by atoms with Gasteiger partial charge in [0.15, 0.2) is 0 Å². The van der Waals surface area contributed by atoms with Crippen LogP contribution in [0.3, 0.4) is 0 Å². The third-order valence-corrected chi connectivity index (χ3v) is 5.29. The number of nitrogens with one attached hydrogen (secondary N) is 3. The van der Waals surface area contributed by atoms with Gasteiger partial charge in [-0.05, 0) is 31.8 Å². The van der Waals surface area contributed by atoms with Crippen molar-refractivity contribution in [2.75, 3.05) is 24.3 Å². The van der Waals surface area contributed by atoms with Gasteiger partial charge in [0.25, 0.3) is 0 Å². The SMILES string of the molecule is CCS(=O)(=O)NC(CCSC)C(=O)NC1CCC(=O)NC1. The molecule has 0 saturated carbocycles. The van der Waals surface area contributed by atoms with Gasteiger partial charge in [-0.3, -0.25) is 9.59 Å². The van der Waals surface area contributed by atoms with Crippen LogP contribution in [0.5, 0.6) is 0 Å². The van der Waals surface area contributed by atoms with E-state index in [0.717, 1.165) is 0 Å². The Balaban J connectivity index is 2.60. The molecule has 9 heteroatoms. The zero-order valence-electron chi connectivity index (χ0n) is 12.3. The van der Waals surface area contributed by atoms with Crippen molar-refractivity contribution in [3.05, 3.63) is 0 Å². The highest BCUT2D eigenvalue weighted by molar-refractivity contribution is 7.98. The first-order valence-corrected chi connectivity index (χ1v) is 9.98. The molecule has 3 N–H and O–H groups in total. The second kappa shape index (κ2) is 8.60. The summed E-state index contributed by atoms with van der Waals surface area (Å²) in [6, 6.07) is -0.905. The van der Waals surface area contributed by atoms with Crippen molar-refractivity contribution in [2.24, 2.45) is 0 Å². The van der Waals surface area contributed by atoms with E-state index in [1.165, 1.54) is 6.92 Å². The highest BCUT2D eigenvalue weighted by atomic mass is 32.2.